The monoisotopic (exact) mass is 419 g/mol. The Morgan fingerprint density at radius 3 is 2.39 bits per heavy atom. The first-order valence-electron chi connectivity index (χ1n) is 11.1. The molecule has 1 amide bonds. The number of piperazine rings is 1. The highest BCUT2D eigenvalue weighted by Crippen LogP contribution is 2.18. The normalized spacial score (nSPS) is 14.4. The van der Waals surface area contributed by atoms with Gasteiger partial charge in [-0.2, -0.15) is 0 Å². The van der Waals surface area contributed by atoms with E-state index in [-0.39, 0.29) is 17.4 Å². The summed E-state index contributed by atoms with van der Waals surface area (Å²) in [6.07, 6.45) is 3.41. The number of benzene rings is 1. The lowest BCUT2D eigenvalue weighted by atomic mass is 10.0. The molecule has 0 atom stereocenters. The SMILES string of the molecule is CCC(CC)C(=O)N1CCN(c2nc3cccnc3n(Cc3ccccc3)c2=O)CC1. The van der Waals surface area contributed by atoms with E-state index in [2.05, 4.69) is 23.8 Å². The van der Waals surface area contributed by atoms with Crippen molar-refractivity contribution in [3.8, 4) is 0 Å². The van der Waals surface area contributed by atoms with E-state index in [0.717, 1.165) is 18.4 Å². The maximum Gasteiger partial charge on any atom is 0.295 e. The summed E-state index contributed by atoms with van der Waals surface area (Å²) >= 11 is 0. The molecule has 31 heavy (non-hydrogen) atoms. The summed E-state index contributed by atoms with van der Waals surface area (Å²) in [6, 6.07) is 13.6. The van der Waals surface area contributed by atoms with Gasteiger partial charge in [0.05, 0.1) is 6.54 Å². The molecule has 1 fully saturated rings. The Hall–Kier alpha value is -3.22. The number of aromatic nitrogens is 3. The molecule has 3 heterocycles. The quantitative estimate of drug-likeness (QED) is 0.614. The molecule has 1 aliphatic heterocycles. The molecule has 0 radical (unpaired) electrons. The molecule has 1 saturated heterocycles. The number of hydrogen-bond acceptors (Lipinski definition) is 5. The minimum atomic E-state index is -0.144. The van der Waals surface area contributed by atoms with Gasteiger partial charge in [0.25, 0.3) is 5.56 Å². The third-order valence-corrected chi connectivity index (χ3v) is 6.09. The van der Waals surface area contributed by atoms with Gasteiger partial charge in [-0.05, 0) is 30.5 Å². The molecule has 4 rings (SSSR count). The standard InChI is InChI=1S/C24H29N5O2/c1-3-19(4-2)23(30)28-15-13-27(14-16-28)22-24(31)29(17-18-9-6-5-7-10-18)21-20(26-22)11-8-12-25-21/h5-12,19H,3-4,13-17H2,1-2H3. The predicted octanol–water partition coefficient (Wildman–Crippen LogP) is 2.92. The van der Waals surface area contributed by atoms with Gasteiger partial charge in [-0.1, -0.05) is 44.2 Å². The average Bonchev–Trinajstić information content (AvgIpc) is 2.82. The molecule has 162 valence electrons. The van der Waals surface area contributed by atoms with Crippen molar-refractivity contribution < 1.29 is 4.79 Å². The van der Waals surface area contributed by atoms with Crippen LogP contribution in [0.25, 0.3) is 11.2 Å². The lowest BCUT2D eigenvalue weighted by Crippen LogP contribution is -2.52. The van der Waals surface area contributed by atoms with Crippen molar-refractivity contribution in [3.05, 3.63) is 64.6 Å². The van der Waals surface area contributed by atoms with Crippen LogP contribution in [0.3, 0.4) is 0 Å². The Morgan fingerprint density at radius 2 is 1.71 bits per heavy atom. The van der Waals surface area contributed by atoms with Gasteiger partial charge in [0.15, 0.2) is 11.5 Å². The predicted molar refractivity (Wildman–Crippen MR) is 122 cm³/mol. The van der Waals surface area contributed by atoms with E-state index in [4.69, 9.17) is 0 Å². The number of carbonyl (C=O) groups is 1. The number of fused-ring (bicyclic) bond motifs is 1. The largest absolute Gasteiger partial charge is 0.348 e. The molecule has 3 aromatic rings. The molecule has 1 aromatic carbocycles. The van der Waals surface area contributed by atoms with Gasteiger partial charge >= 0.3 is 0 Å². The first-order valence-corrected chi connectivity index (χ1v) is 11.1. The highest BCUT2D eigenvalue weighted by molar-refractivity contribution is 5.79. The maximum atomic E-state index is 13.4. The van der Waals surface area contributed by atoms with Crippen molar-refractivity contribution in [2.75, 3.05) is 31.1 Å². The number of nitrogens with zero attached hydrogens (tertiary/aromatic N) is 5. The highest BCUT2D eigenvalue weighted by atomic mass is 16.2. The molecule has 0 unspecified atom stereocenters. The number of anilines is 1. The van der Waals surface area contributed by atoms with E-state index >= 15 is 0 Å². The Bertz CT molecular complexity index is 1100. The van der Waals surface area contributed by atoms with Gasteiger partial charge in [-0.15, -0.1) is 0 Å². The van der Waals surface area contributed by atoms with Crippen molar-refractivity contribution in [1.29, 1.82) is 0 Å². The van der Waals surface area contributed by atoms with Crippen LogP contribution in [-0.2, 0) is 11.3 Å². The molecular formula is C24H29N5O2. The molecule has 0 aliphatic carbocycles. The van der Waals surface area contributed by atoms with Gasteiger partial charge in [-0.3, -0.25) is 14.2 Å². The van der Waals surface area contributed by atoms with E-state index in [1.807, 2.05) is 52.3 Å². The van der Waals surface area contributed by atoms with Crippen molar-refractivity contribution in [3.63, 3.8) is 0 Å². The molecule has 0 spiro atoms. The van der Waals surface area contributed by atoms with Crippen molar-refractivity contribution in [2.45, 2.75) is 33.2 Å². The van der Waals surface area contributed by atoms with Crippen LogP contribution in [0.4, 0.5) is 5.82 Å². The van der Waals surface area contributed by atoms with E-state index in [1.54, 1.807) is 10.8 Å². The van der Waals surface area contributed by atoms with Gasteiger partial charge in [0.2, 0.25) is 5.91 Å². The fourth-order valence-electron chi connectivity index (χ4n) is 4.22. The third-order valence-electron chi connectivity index (χ3n) is 6.09. The Kier molecular flexibility index (Phi) is 6.30. The smallest absolute Gasteiger partial charge is 0.295 e. The summed E-state index contributed by atoms with van der Waals surface area (Å²) in [5, 5.41) is 0. The van der Waals surface area contributed by atoms with E-state index in [9.17, 15) is 9.59 Å². The average molecular weight is 420 g/mol. The lowest BCUT2D eigenvalue weighted by Gasteiger charge is -2.36. The second-order valence-corrected chi connectivity index (χ2v) is 7.98. The second kappa shape index (κ2) is 9.29. The number of rotatable bonds is 6. The van der Waals surface area contributed by atoms with Crippen LogP contribution in [0.15, 0.2) is 53.5 Å². The molecule has 0 N–H and O–H groups in total. The fraction of sp³-hybridized carbons (Fsp3) is 0.417. The van der Waals surface area contributed by atoms with Gasteiger partial charge < -0.3 is 9.80 Å². The maximum absolute atomic E-state index is 13.4. The molecule has 1 aliphatic rings. The summed E-state index contributed by atoms with van der Waals surface area (Å²) in [7, 11) is 0. The molecule has 2 aromatic heterocycles. The zero-order valence-corrected chi connectivity index (χ0v) is 18.2. The Morgan fingerprint density at radius 1 is 1.00 bits per heavy atom. The van der Waals surface area contributed by atoms with Crippen LogP contribution in [0.2, 0.25) is 0 Å². The van der Waals surface area contributed by atoms with Gasteiger partial charge in [-0.25, -0.2) is 9.97 Å². The van der Waals surface area contributed by atoms with Gasteiger partial charge in [0, 0.05) is 38.3 Å². The summed E-state index contributed by atoms with van der Waals surface area (Å²) < 4.78 is 1.70. The van der Waals surface area contributed by atoms with Crippen molar-refractivity contribution >= 4 is 22.9 Å². The molecular weight excluding hydrogens is 390 g/mol. The van der Waals surface area contributed by atoms with Crippen LogP contribution in [0, 0.1) is 5.92 Å². The first kappa shape index (κ1) is 21.0. The third kappa shape index (κ3) is 4.31. The summed E-state index contributed by atoms with van der Waals surface area (Å²) in [4.78, 5) is 39.2. The van der Waals surface area contributed by atoms with Gasteiger partial charge in [0.1, 0.15) is 5.52 Å². The number of hydrogen-bond donors (Lipinski definition) is 0. The van der Waals surface area contributed by atoms with E-state index < -0.39 is 0 Å². The van der Waals surface area contributed by atoms with Crippen molar-refractivity contribution in [2.24, 2.45) is 5.92 Å². The summed E-state index contributed by atoms with van der Waals surface area (Å²) in [6.45, 7) is 6.99. The Labute approximate surface area is 182 Å². The fourth-order valence-corrected chi connectivity index (χ4v) is 4.22. The first-order chi connectivity index (χ1) is 15.1. The summed E-state index contributed by atoms with van der Waals surface area (Å²) in [5.41, 5.74) is 2.18. The van der Waals surface area contributed by atoms with Crippen LogP contribution < -0.4 is 10.5 Å². The molecule has 7 nitrogen and oxygen atoms in total. The highest BCUT2D eigenvalue weighted by Gasteiger charge is 2.27. The lowest BCUT2D eigenvalue weighted by molar-refractivity contribution is -0.136. The van der Waals surface area contributed by atoms with Crippen molar-refractivity contribution in [1.82, 2.24) is 19.4 Å². The van der Waals surface area contributed by atoms with E-state index in [1.165, 1.54) is 0 Å². The zero-order chi connectivity index (χ0) is 21.8. The number of pyridine rings is 1. The second-order valence-electron chi connectivity index (χ2n) is 7.98. The number of amides is 1. The topological polar surface area (TPSA) is 71.3 Å². The minimum Gasteiger partial charge on any atom is -0.348 e. The van der Waals surface area contributed by atoms with Crippen LogP contribution in [0.1, 0.15) is 32.3 Å². The molecule has 0 bridgehead atoms. The van der Waals surface area contributed by atoms with Crippen LogP contribution >= 0.6 is 0 Å². The van der Waals surface area contributed by atoms with Crippen LogP contribution in [-0.4, -0.2) is 51.5 Å². The molecule has 7 heteroatoms. The number of carbonyl (C=O) groups excluding carboxylic acids is 1. The van der Waals surface area contributed by atoms with E-state index in [0.29, 0.717) is 49.7 Å². The minimum absolute atomic E-state index is 0.0829. The van der Waals surface area contributed by atoms with Crippen LogP contribution in [0.5, 0.6) is 0 Å². The Balaban J connectivity index is 1.62. The molecule has 0 saturated carbocycles. The zero-order valence-electron chi connectivity index (χ0n) is 18.2. The summed E-state index contributed by atoms with van der Waals surface area (Å²) in [5.74, 6) is 0.743.